The zero-order valence-corrected chi connectivity index (χ0v) is 12.0. The van der Waals surface area contributed by atoms with Gasteiger partial charge in [-0.2, -0.15) is 0 Å². The molecular weight excluding hydrogens is 224 g/mol. The zero-order valence-electron chi connectivity index (χ0n) is 12.0. The molecule has 3 heteroatoms. The molecule has 106 valence electrons. The Kier molecular flexibility index (Phi) is 8.92. The van der Waals surface area contributed by atoms with Crippen molar-refractivity contribution in [1.82, 2.24) is 10.6 Å². The van der Waals surface area contributed by atoms with E-state index in [2.05, 4.69) is 17.6 Å². The first-order valence-corrected chi connectivity index (χ1v) is 7.83. The number of hydrogen-bond acceptors (Lipinski definition) is 2. The van der Waals surface area contributed by atoms with Gasteiger partial charge in [-0.1, -0.05) is 58.3 Å². The lowest BCUT2D eigenvalue weighted by Gasteiger charge is -2.27. The molecule has 1 fully saturated rings. The highest BCUT2D eigenvalue weighted by molar-refractivity contribution is 5.76. The van der Waals surface area contributed by atoms with E-state index in [-0.39, 0.29) is 5.91 Å². The Morgan fingerprint density at radius 1 is 1.00 bits per heavy atom. The summed E-state index contributed by atoms with van der Waals surface area (Å²) in [6.45, 7) is 4.15. The number of rotatable bonds is 11. The molecule has 3 nitrogen and oxygen atoms in total. The van der Waals surface area contributed by atoms with Crippen molar-refractivity contribution in [3.63, 3.8) is 0 Å². The van der Waals surface area contributed by atoms with Gasteiger partial charge in [0.2, 0.25) is 5.91 Å². The number of carbonyl (C=O) groups is 1. The van der Waals surface area contributed by atoms with Crippen LogP contribution in [0.5, 0.6) is 0 Å². The van der Waals surface area contributed by atoms with E-state index in [4.69, 9.17) is 0 Å². The molecule has 1 rings (SSSR count). The van der Waals surface area contributed by atoms with E-state index < -0.39 is 0 Å². The molecule has 1 amide bonds. The van der Waals surface area contributed by atoms with Gasteiger partial charge in [-0.25, -0.2) is 0 Å². The number of carbonyl (C=O) groups excluding carboxylic acids is 1. The van der Waals surface area contributed by atoms with Crippen LogP contribution in [0.4, 0.5) is 0 Å². The maximum Gasteiger partial charge on any atom is 0.220 e. The Hall–Kier alpha value is -0.570. The summed E-state index contributed by atoms with van der Waals surface area (Å²) in [5.74, 6) is 0.240. The molecule has 1 saturated heterocycles. The summed E-state index contributed by atoms with van der Waals surface area (Å²) >= 11 is 0. The van der Waals surface area contributed by atoms with Gasteiger partial charge < -0.3 is 10.6 Å². The summed E-state index contributed by atoms with van der Waals surface area (Å²) in [5, 5.41) is 6.20. The second kappa shape index (κ2) is 10.4. The minimum Gasteiger partial charge on any atom is -0.351 e. The third-order valence-electron chi connectivity index (χ3n) is 3.65. The van der Waals surface area contributed by atoms with Crippen LogP contribution in [-0.4, -0.2) is 25.0 Å². The summed E-state index contributed by atoms with van der Waals surface area (Å²) in [6, 6.07) is 0.399. The highest BCUT2D eigenvalue weighted by Gasteiger charge is 2.17. The first-order valence-electron chi connectivity index (χ1n) is 7.83. The van der Waals surface area contributed by atoms with Crippen molar-refractivity contribution in [3.8, 4) is 0 Å². The van der Waals surface area contributed by atoms with Crippen LogP contribution in [0.2, 0.25) is 0 Å². The molecule has 18 heavy (non-hydrogen) atoms. The minimum atomic E-state index is 0.240. The van der Waals surface area contributed by atoms with Crippen molar-refractivity contribution in [2.75, 3.05) is 13.1 Å². The van der Waals surface area contributed by atoms with Crippen LogP contribution >= 0.6 is 0 Å². The van der Waals surface area contributed by atoms with E-state index >= 15 is 0 Å². The first-order chi connectivity index (χ1) is 8.83. The molecule has 0 atom stereocenters. The van der Waals surface area contributed by atoms with Crippen LogP contribution in [0.1, 0.15) is 71.1 Å². The van der Waals surface area contributed by atoms with Gasteiger partial charge in [0.05, 0.1) is 6.04 Å². The van der Waals surface area contributed by atoms with E-state index in [1.54, 1.807) is 0 Å². The van der Waals surface area contributed by atoms with E-state index in [1.807, 2.05) is 0 Å². The normalized spacial score (nSPS) is 15.4. The Bertz CT molecular complexity index is 215. The molecule has 0 spiro atoms. The van der Waals surface area contributed by atoms with Crippen molar-refractivity contribution in [3.05, 3.63) is 0 Å². The average molecular weight is 254 g/mol. The van der Waals surface area contributed by atoms with Gasteiger partial charge >= 0.3 is 0 Å². The first kappa shape index (κ1) is 15.5. The van der Waals surface area contributed by atoms with Crippen molar-refractivity contribution in [2.24, 2.45) is 0 Å². The molecule has 1 aliphatic rings. The van der Waals surface area contributed by atoms with Crippen LogP contribution in [0.15, 0.2) is 0 Å². The maximum absolute atomic E-state index is 11.5. The van der Waals surface area contributed by atoms with Gasteiger partial charge in [0, 0.05) is 19.5 Å². The third-order valence-corrected chi connectivity index (χ3v) is 3.65. The van der Waals surface area contributed by atoms with Gasteiger partial charge in [-0.05, 0) is 6.42 Å². The minimum absolute atomic E-state index is 0.240. The Labute approximate surface area is 112 Å². The van der Waals surface area contributed by atoms with E-state index in [0.717, 1.165) is 19.5 Å². The van der Waals surface area contributed by atoms with Crippen LogP contribution in [0, 0.1) is 0 Å². The summed E-state index contributed by atoms with van der Waals surface area (Å²) in [7, 11) is 0. The number of unbranched alkanes of at least 4 members (excludes halogenated alkanes) is 8. The summed E-state index contributed by atoms with van der Waals surface area (Å²) in [5.41, 5.74) is 0. The van der Waals surface area contributed by atoms with E-state index in [1.165, 1.54) is 51.4 Å². The third kappa shape index (κ3) is 7.70. The van der Waals surface area contributed by atoms with Crippen LogP contribution in [-0.2, 0) is 4.79 Å². The van der Waals surface area contributed by atoms with Gasteiger partial charge in [0.15, 0.2) is 0 Å². The molecular formula is C15H30N2O. The lowest BCUT2D eigenvalue weighted by molar-refractivity contribution is -0.122. The SMILES string of the molecule is CCCCCCCCCCCC(=O)NC1CNC1. The lowest BCUT2D eigenvalue weighted by atomic mass is 10.1. The highest BCUT2D eigenvalue weighted by atomic mass is 16.1. The van der Waals surface area contributed by atoms with Gasteiger partial charge in [0.25, 0.3) is 0 Å². The van der Waals surface area contributed by atoms with Crippen molar-refractivity contribution < 1.29 is 4.79 Å². The van der Waals surface area contributed by atoms with Crippen LogP contribution < -0.4 is 10.6 Å². The lowest BCUT2D eigenvalue weighted by Crippen LogP contribution is -2.56. The molecule has 0 bridgehead atoms. The van der Waals surface area contributed by atoms with Gasteiger partial charge in [0.1, 0.15) is 0 Å². The summed E-state index contributed by atoms with van der Waals surface area (Å²) in [6.07, 6.45) is 12.5. The van der Waals surface area contributed by atoms with Crippen molar-refractivity contribution >= 4 is 5.91 Å². The fraction of sp³-hybridized carbons (Fsp3) is 0.933. The maximum atomic E-state index is 11.5. The molecule has 2 N–H and O–H groups in total. The summed E-state index contributed by atoms with van der Waals surface area (Å²) < 4.78 is 0. The van der Waals surface area contributed by atoms with Crippen LogP contribution in [0.25, 0.3) is 0 Å². The fourth-order valence-corrected chi connectivity index (χ4v) is 2.29. The second-order valence-electron chi connectivity index (χ2n) is 5.50. The molecule has 0 aliphatic carbocycles. The largest absolute Gasteiger partial charge is 0.351 e. The molecule has 0 aromatic carbocycles. The Morgan fingerprint density at radius 3 is 2.06 bits per heavy atom. The average Bonchev–Trinajstić information content (AvgIpc) is 2.32. The van der Waals surface area contributed by atoms with Gasteiger partial charge in [-0.15, -0.1) is 0 Å². The topological polar surface area (TPSA) is 41.1 Å². The second-order valence-corrected chi connectivity index (χ2v) is 5.50. The molecule has 1 aliphatic heterocycles. The standard InChI is InChI=1S/C15H30N2O/c1-2-3-4-5-6-7-8-9-10-11-15(18)17-14-12-16-13-14/h14,16H,2-13H2,1H3,(H,17,18). The molecule has 0 aromatic heterocycles. The molecule has 0 unspecified atom stereocenters. The monoisotopic (exact) mass is 254 g/mol. The van der Waals surface area contributed by atoms with Crippen LogP contribution in [0.3, 0.4) is 0 Å². The van der Waals surface area contributed by atoms with E-state index in [9.17, 15) is 4.79 Å². The molecule has 0 aromatic rings. The Morgan fingerprint density at radius 2 is 1.56 bits per heavy atom. The number of nitrogens with one attached hydrogen (secondary N) is 2. The van der Waals surface area contributed by atoms with Gasteiger partial charge in [-0.3, -0.25) is 4.79 Å². The highest BCUT2D eigenvalue weighted by Crippen LogP contribution is 2.10. The van der Waals surface area contributed by atoms with E-state index in [0.29, 0.717) is 12.5 Å². The Balaban J connectivity index is 1.76. The quantitative estimate of drug-likeness (QED) is 0.557. The molecule has 1 heterocycles. The smallest absolute Gasteiger partial charge is 0.220 e. The zero-order chi connectivity index (χ0) is 13.1. The predicted octanol–water partition coefficient (Wildman–Crippen LogP) is 3.00. The molecule has 0 radical (unpaired) electrons. The fourth-order valence-electron chi connectivity index (χ4n) is 2.29. The van der Waals surface area contributed by atoms with Crippen molar-refractivity contribution in [1.29, 1.82) is 0 Å². The summed E-state index contributed by atoms with van der Waals surface area (Å²) in [4.78, 5) is 11.5. The predicted molar refractivity (Wildman–Crippen MR) is 76.6 cm³/mol. The van der Waals surface area contributed by atoms with Crippen molar-refractivity contribution in [2.45, 2.75) is 77.2 Å². The number of amides is 1. The number of hydrogen-bond donors (Lipinski definition) is 2. The molecule has 0 saturated carbocycles.